The summed E-state index contributed by atoms with van der Waals surface area (Å²) in [5.74, 6) is 0. The van der Waals surface area contributed by atoms with E-state index in [1.165, 1.54) is 0 Å². The second-order valence-corrected chi connectivity index (χ2v) is 3.45. The maximum Gasteiger partial charge on any atom is 0.261 e. The van der Waals surface area contributed by atoms with Gasteiger partial charge in [0, 0.05) is 4.47 Å². The number of benzene rings is 1. The van der Waals surface area contributed by atoms with Crippen molar-refractivity contribution < 1.29 is 13.5 Å². The number of alkyl halides is 2. The van der Waals surface area contributed by atoms with Gasteiger partial charge in [0.2, 0.25) is 0 Å². The monoisotopic (exact) mass is 250 g/mol. The molecule has 0 amide bonds. The van der Waals surface area contributed by atoms with Crippen LogP contribution in [0.1, 0.15) is 5.56 Å². The van der Waals surface area contributed by atoms with Crippen LogP contribution in [0.5, 0.6) is 0 Å². The van der Waals surface area contributed by atoms with Crippen molar-refractivity contribution in [2.24, 2.45) is 0 Å². The Labute approximate surface area is 83.8 Å². The van der Waals surface area contributed by atoms with E-state index >= 15 is 0 Å². The molecule has 72 valence electrons. The third-order valence-corrected chi connectivity index (χ3v) is 1.95. The molecule has 0 unspecified atom stereocenters. The first-order chi connectivity index (χ1) is 6.18. The standard InChI is InChI=1S/C9H9BrF2O/c10-8-3-1-7(2-4-8)5-13-6-9(11)12/h1-4,9H,5-6H2. The molecule has 1 aromatic rings. The van der Waals surface area contributed by atoms with Crippen LogP contribution in [-0.2, 0) is 11.3 Å². The second kappa shape index (κ2) is 5.29. The van der Waals surface area contributed by atoms with Crippen molar-refractivity contribution in [3.05, 3.63) is 34.3 Å². The third-order valence-electron chi connectivity index (χ3n) is 1.43. The molecule has 0 aliphatic heterocycles. The summed E-state index contributed by atoms with van der Waals surface area (Å²) in [7, 11) is 0. The van der Waals surface area contributed by atoms with Crippen molar-refractivity contribution in [2.45, 2.75) is 13.0 Å². The fourth-order valence-corrected chi connectivity index (χ4v) is 1.11. The van der Waals surface area contributed by atoms with Crippen LogP contribution in [0.15, 0.2) is 28.7 Å². The zero-order valence-electron chi connectivity index (χ0n) is 6.84. The van der Waals surface area contributed by atoms with Crippen molar-refractivity contribution in [1.82, 2.24) is 0 Å². The third kappa shape index (κ3) is 4.33. The fraction of sp³-hybridized carbons (Fsp3) is 0.333. The molecule has 1 rings (SSSR count). The lowest BCUT2D eigenvalue weighted by molar-refractivity contribution is 0.00988. The zero-order chi connectivity index (χ0) is 9.68. The molecule has 0 saturated heterocycles. The lowest BCUT2D eigenvalue weighted by atomic mass is 10.2. The number of halogens is 3. The maximum atomic E-state index is 11.7. The highest BCUT2D eigenvalue weighted by molar-refractivity contribution is 9.10. The molecular formula is C9H9BrF2O. The highest BCUT2D eigenvalue weighted by Crippen LogP contribution is 2.11. The van der Waals surface area contributed by atoms with Crippen LogP contribution >= 0.6 is 15.9 Å². The van der Waals surface area contributed by atoms with E-state index in [9.17, 15) is 8.78 Å². The summed E-state index contributed by atoms with van der Waals surface area (Å²) in [4.78, 5) is 0. The van der Waals surface area contributed by atoms with Crippen molar-refractivity contribution in [3.8, 4) is 0 Å². The molecule has 0 N–H and O–H groups in total. The van der Waals surface area contributed by atoms with Crippen LogP contribution in [0.25, 0.3) is 0 Å². The minimum atomic E-state index is -2.39. The van der Waals surface area contributed by atoms with Crippen LogP contribution < -0.4 is 0 Å². The topological polar surface area (TPSA) is 9.23 Å². The first kappa shape index (κ1) is 10.6. The van der Waals surface area contributed by atoms with E-state index in [1.807, 2.05) is 24.3 Å². The highest BCUT2D eigenvalue weighted by atomic mass is 79.9. The summed E-state index contributed by atoms with van der Waals surface area (Å²) in [6.07, 6.45) is -2.39. The molecule has 0 heterocycles. The summed E-state index contributed by atoms with van der Waals surface area (Å²) in [6.45, 7) is -0.270. The molecule has 0 fully saturated rings. The van der Waals surface area contributed by atoms with E-state index in [1.54, 1.807) is 0 Å². The van der Waals surface area contributed by atoms with Gasteiger partial charge in [0.25, 0.3) is 6.43 Å². The quantitative estimate of drug-likeness (QED) is 0.798. The number of rotatable bonds is 4. The van der Waals surface area contributed by atoms with E-state index in [2.05, 4.69) is 15.9 Å². The summed E-state index contributed by atoms with van der Waals surface area (Å²) in [5.41, 5.74) is 0.892. The predicted octanol–water partition coefficient (Wildman–Crippen LogP) is 3.23. The van der Waals surface area contributed by atoms with Gasteiger partial charge >= 0.3 is 0 Å². The molecule has 1 aromatic carbocycles. The lowest BCUT2D eigenvalue weighted by Crippen LogP contribution is -2.03. The molecule has 0 radical (unpaired) electrons. The van der Waals surface area contributed by atoms with Crippen molar-refractivity contribution in [3.63, 3.8) is 0 Å². The first-order valence-electron chi connectivity index (χ1n) is 3.79. The Balaban J connectivity index is 2.33. The van der Waals surface area contributed by atoms with Crippen LogP contribution in [0.3, 0.4) is 0 Å². The minimum Gasteiger partial charge on any atom is -0.371 e. The molecule has 1 nitrogen and oxygen atoms in total. The van der Waals surface area contributed by atoms with E-state index in [0.29, 0.717) is 0 Å². The van der Waals surface area contributed by atoms with Crippen molar-refractivity contribution >= 4 is 15.9 Å². The number of hydrogen-bond donors (Lipinski definition) is 0. The zero-order valence-corrected chi connectivity index (χ0v) is 8.43. The van der Waals surface area contributed by atoms with Gasteiger partial charge < -0.3 is 4.74 Å². The Kier molecular flexibility index (Phi) is 4.32. The molecule has 0 spiro atoms. The van der Waals surface area contributed by atoms with Crippen molar-refractivity contribution in [1.29, 1.82) is 0 Å². The molecule has 0 aromatic heterocycles. The second-order valence-electron chi connectivity index (χ2n) is 2.53. The first-order valence-corrected chi connectivity index (χ1v) is 4.58. The Morgan fingerprint density at radius 2 is 1.85 bits per heavy atom. The van der Waals surface area contributed by atoms with Gasteiger partial charge in [0.05, 0.1) is 6.61 Å². The molecule has 0 atom stereocenters. The van der Waals surface area contributed by atoms with Gasteiger partial charge in [-0.3, -0.25) is 0 Å². The summed E-state index contributed by atoms with van der Waals surface area (Å²) in [6, 6.07) is 7.35. The molecular weight excluding hydrogens is 242 g/mol. The Hall–Kier alpha value is -0.480. The Morgan fingerprint density at radius 3 is 2.38 bits per heavy atom. The largest absolute Gasteiger partial charge is 0.371 e. The van der Waals surface area contributed by atoms with E-state index in [4.69, 9.17) is 4.74 Å². The molecule has 0 aliphatic carbocycles. The summed E-state index contributed by atoms with van der Waals surface area (Å²) >= 11 is 3.28. The number of hydrogen-bond acceptors (Lipinski definition) is 1. The van der Waals surface area contributed by atoms with Crippen LogP contribution in [0.2, 0.25) is 0 Å². The van der Waals surface area contributed by atoms with Gasteiger partial charge in [-0.05, 0) is 17.7 Å². The van der Waals surface area contributed by atoms with Gasteiger partial charge in [-0.1, -0.05) is 28.1 Å². The van der Waals surface area contributed by atoms with E-state index in [-0.39, 0.29) is 6.61 Å². The summed E-state index contributed by atoms with van der Waals surface area (Å²) in [5, 5.41) is 0. The summed E-state index contributed by atoms with van der Waals surface area (Å²) < 4.78 is 29.1. The van der Waals surface area contributed by atoms with Crippen LogP contribution in [-0.4, -0.2) is 13.0 Å². The SMILES string of the molecule is FC(F)COCc1ccc(Br)cc1. The van der Waals surface area contributed by atoms with E-state index in [0.717, 1.165) is 10.0 Å². The molecule has 0 saturated carbocycles. The van der Waals surface area contributed by atoms with Gasteiger partial charge in [-0.25, -0.2) is 8.78 Å². The lowest BCUT2D eigenvalue weighted by Gasteiger charge is -2.03. The Bertz CT molecular complexity index is 248. The van der Waals surface area contributed by atoms with Gasteiger partial charge in [0.1, 0.15) is 6.61 Å². The fourth-order valence-electron chi connectivity index (χ4n) is 0.846. The molecule has 4 heteroatoms. The highest BCUT2D eigenvalue weighted by Gasteiger charge is 2.01. The maximum absolute atomic E-state index is 11.7. The average molecular weight is 251 g/mol. The van der Waals surface area contributed by atoms with Gasteiger partial charge in [0.15, 0.2) is 0 Å². The van der Waals surface area contributed by atoms with Gasteiger partial charge in [-0.15, -0.1) is 0 Å². The molecule has 0 aliphatic rings. The average Bonchev–Trinajstić information content (AvgIpc) is 2.08. The van der Waals surface area contributed by atoms with Gasteiger partial charge in [-0.2, -0.15) is 0 Å². The molecule has 13 heavy (non-hydrogen) atoms. The van der Waals surface area contributed by atoms with E-state index < -0.39 is 13.0 Å². The normalized spacial score (nSPS) is 10.8. The smallest absolute Gasteiger partial charge is 0.261 e. The predicted molar refractivity (Wildman–Crippen MR) is 49.8 cm³/mol. The van der Waals surface area contributed by atoms with Crippen molar-refractivity contribution in [2.75, 3.05) is 6.61 Å². The number of ether oxygens (including phenoxy) is 1. The molecule has 0 bridgehead atoms. The minimum absolute atomic E-state index is 0.234. The van der Waals surface area contributed by atoms with Crippen LogP contribution in [0, 0.1) is 0 Å². The Morgan fingerprint density at radius 1 is 1.23 bits per heavy atom. The van der Waals surface area contributed by atoms with Crippen LogP contribution in [0.4, 0.5) is 8.78 Å².